The zero-order chi connectivity index (χ0) is 17.0. The molecule has 1 N–H and O–H groups in total. The van der Waals surface area contributed by atoms with Gasteiger partial charge in [0.1, 0.15) is 6.54 Å². The van der Waals surface area contributed by atoms with E-state index >= 15 is 0 Å². The summed E-state index contributed by atoms with van der Waals surface area (Å²) < 4.78 is 4.72. The molecule has 8 heteroatoms. The third-order valence-electron chi connectivity index (χ3n) is 2.92. The molecule has 1 aliphatic heterocycles. The van der Waals surface area contributed by atoms with Crippen LogP contribution < -0.4 is 0 Å². The number of hydrogen-bond donors (Lipinski definition) is 1. The van der Waals surface area contributed by atoms with E-state index in [4.69, 9.17) is 9.84 Å². The standard InChI is InChI=1S/C15H13NO6S/c1-2-22-12(17)8-16-13(18)11(23-15(16)21)7-9-3-5-10(6-4-9)14(19)20/h3-7H,2,8H2,1H3,(H,19,20)/b11-7+. The number of esters is 1. The van der Waals surface area contributed by atoms with Crippen molar-refractivity contribution in [2.75, 3.05) is 13.2 Å². The van der Waals surface area contributed by atoms with Crippen LogP contribution in [0, 0.1) is 0 Å². The van der Waals surface area contributed by atoms with Gasteiger partial charge in [-0.2, -0.15) is 0 Å². The highest BCUT2D eigenvalue weighted by Crippen LogP contribution is 2.32. The van der Waals surface area contributed by atoms with Crippen molar-refractivity contribution >= 4 is 40.9 Å². The molecule has 1 heterocycles. The smallest absolute Gasteiger partial charge is 0.335 e. The van der Waals surface area contributed by atoms with E-state index in [1.54, 1.807) is 6.92 Å². The number of nitrogens with zero attached hydrogens (tertiary/aromatic N) is 1. The first-order valence-corrected chi connectivity index (χ1v) is 7.48. The van der Waals surface area contributed by atoms with Crippen molar-refractivity contribution in [1.29, 1.82) is 0 Å². The third kappa shape index (κ3) is 3.98. The normalized spacial score (nSPS) is 16.0. The highest BCUT2D eigenvalue weighted by atomic mass is 32.2. The van der Waals surface area contributed by atoms with E-state index in [9.17, 15) is 19.2 Å². The largest absolute Gasteiger partial charge is 0.478 e. The van der Waals surface area contributed by atoms with Crippen molar-refractivity contribution in [3.05, 3.63) is 40.3 Å². The van der Waals surface area contributed by atoms with Crippen molar-refractivity contribution in [2.45, 2.75) is 6.92 Å². The summed E-state index contributed by atoms with van der Waals surface area (Å²) >= 11 is 0.722. The van der Waals surface area contributed by atoms with Gasteiger partial charge in [-0.1, -0.05) is 12.1 Å². The van der Waals surface area contributed by atoms with Crippen LogP contribution in [-0.4, -0.2) is 46.2 Å². The molecule has 1 aliphatic rings. The van der Waals surface area contributed by atoms with Gasteiger partial charge in [-0.25, -0.2) is 4.79 Å². The average Bonchev–Trinajstić information content (AvgIpc) is 2.76. The molecule has 1 aromatic carbocycles. The Labute approximate surface area is 135 Å². The van der Waals surface area contributed by atoms with Crippen molar-refractivity contribution < 1.29 is 29.0 Å². The topological polar surface area (TPSA) is 101 Å². The van der Waals surface area contributed by atoms with Gasteiger partial charge in [0.15, 0.2) is 0 Å². The Hall–Kier alpha value is -2.61. The second kappa shape index (κ2) is 7.10. The van der Waals surface area contributed by atoms with Crippen LogP contribution in [0.1, 0.15) is 22.8 Å². The number of benzene rings is 1. The van der Waals surface area contributed by atoms with Crippen LogP contribution in [0.2, 0.25) is 0 Å². The Kier molecular flexibility index (Phi) is 5.17. The highest BCUT2D eigenvalue weighted by Gasteiger charge is 2.36. The van der Waals surface area contributed by atoms with E-state index in [2.05, 4.69) is 0 Å². The van der Waals surface area contributed by atoms with Gasteiger partial charge in [0.25, 0.3) is 11.1 Å². The first kappa shape index (κ1) is 16.8. The van der Waals surface area contributed by atoms with Crippen molar-refractivity contribution in [1.82, 2.24) is 4.90 Å². The quantitative estimate of drug-likeness (QED) is 0.648. The van der Waals surface area contributed by atoms with Crippen molar-refractivity contribution in [3.63, 3.8) is 0 Å². The number of carbonyl (C=O) groups is 4. The number of ether oxygens (including phenoxy) is 1. The summed E-state index contributed by atoms with van der Waals surface area (Å²) in [5, 5.41) is 8.29. The van der Waals surface area contributed by atoms with Crippen molar-refractivity contribution in [2.24, 2.45) is 0 Å². The second-order valence-corrected chi connectivity index (χ2v) is 5.49. The summed E-state index contributed by atoms with van der Waals surface area (Å²) in [6, 6.07) is 5.86. The number of rotatable bonds is 5. The number of imide groups is 1. The highest BCUT2D eigenvalue weighted by molar-refractivity contribution is 8.18. The monoisotopic (exact) mass is 335 g/mol. The summed E-state index contributed by atoms with van der Waals surface area (Å²) in [5.74, 6) is -2.27. The number of hydrogen-bond acceptors (Lipinski definition) is 6. The predicted molar refractivity (Wildman–Crippen MR) is 82.7 cm³/mol. The molecule has 0 spiro atoms. The number of thioether (sulfide) groups is 1. The lowest BCUT2D eigenvalue weighted by Crippen LogP contribution is -2.34. The summed E-state index contributed by atoms with van der Waals surface area (Å²) in [6.07, 6.45) is 1.47. The molecule has 0 bridgehead atoms. The van der Waals surface area contributed by atoms with Gasteiger partial charge in [0.05, 0.1) is 17.1 Å². The minimum atomic E-state index is -1.05. The maximum absolute atomic E-state index is 12.1. The molecule has 0 radical (unpaired) electrons. The first-order chi connectivity index (χ1) is 10.9. The fraction of sp³-hybridized carbons (Fsp3) is 0.200. The maximum Gasteiger partial charge on any atom is 0.335 e. The van der Waals surface area contributed by atoms with Gasteiger partial charge in [-0.15, -0.1) is 0 Å². The first-order valence-electron chi connectivity index (χ1n) is 6.66. The summed E-state index contributed by atoms with van der Waals surface area (Å²) in [6.45, 7) is 1.38. The van der Waals surface area contributed by atoms with Crippen LogP contribution in [0.3, 0.4) is 0 Å². The number of aromatic carboxylic acids is 1. The van der Waals surface area contributed by atoms with E-state index < -0.39 is 29.6 Å². The SMILES string of the molecule is CCOC(=O)CN1C(=O)S/C(=C/c2ccc(C(=O)O)cc2)C1=O. The van der Waals surface area contributed by atoms with Gasteiger partial charge in [0, 0.05) is 0 Å². The van der Waals surface area contributed by atoms with Crippen molar-refractivity contribution in [3.8, 4) is 0 Å². The Morgan fingerprint density at radius 3 is 2.48 bits per heavy atom. The molecule has 1 saturated heterocycles. The molecule has 1 fully saturated rings. The molecule has 0 saturated carbocycles. The fourth-order valence-corrected chi connectivity index (χ4v) is 2.68. The Morgan fingerprint density at radius 1 is 1.26 bits per heavy atom. The van der Waals surface area contributed by atoms with Gasteiger partial charge in [0.2, 0.25) is 0 Å². The summed E-state index contributed by atoms with van der Waals surface area (Å²) in [7, 11) is 0. The molecule has 0 atom stereocenters. The van der Waals surface area contributed by atoms with E-state index in [1.807, 2.05) is 0 Å². The predicted octanol–water partition coefficient (Wildman–Crippen LogP) is 1.98. The Bertz CT molecular complexity index is 694. The van der Waals surface area contributed by atoms with E-state index in [0.717, 1.165) is 16.7 Å². The van der Waals surface area contributed by atoms with Crippen LogP contribution in [-0.2, 0) is 14.3 Å². The second-order valence-electron chi connectivity index (χ2n) is 4.50. The molecule has 0 unspecified atom stereocenters. The van der Waals surface area contributed by atoms with E-state index in [0.29, 0.717) is 5.56 Å². The average molecular weight is 335 g/mol. The molecule has 2 rings (SSSR count). The van der Waals surface area contributed by atoms with Crippen LogP contribution in [0.25, 0.3) is 6.08 Å². The zero-order valence-electron chi connectivity index (χ0n) is 12.1. The van der Waals surface area contributed by atoms with E-state index in [-0.39, 0.29) is 17.1 Å². The van der Waals surface area contributed by atoms with Crippen LogP contribution >= 0.6 is 11.8 Å². The fourth-order valence-electron chi connectivity index (χ4n) is 1.85. The van der Waals surface area contributed by atoms with Gasteiger partial charge < -0.3 is 9.84 Å². The molecule has 2 amide bonds. The molecule has 0 aromatic heterocycles. The minimum Gasteiger partial charge on any atom is -0.478 e. The molecule has 23 heavy (non-hydrogen) atoms. The lowest BCUT2D eigenvalue weighted by Gasteiger charge is -2.10. The number of carboxylic acids is 1. The maximum atomic E-state index is 12.1. The number of amides is 2. The van der Waals surface area contributed by atoms with E-state index in [1.165, 1.54) is 30.3 Å². The molecule has 1 aromatic rings. The zero-order valence-corrected chi connectivity index (χ0v) is 13.0. The van der Waals surface area contributed by atoms with Gasteiger partial charge in [-0.05, 0) is 42.5 Å². The summed E-state index contributed by atoms with van der Waals surface area (Å²) in [5.41, 5.74) is 0.703. The number of carboxylic acid groups (broad SMARTS) is 1. The number of carbonyl (C=O) groups excluding carboxylic acids is 3. The van der Waals surface area contributed by atoms with Gasteiger partial charge >= 0.3 is 11.9 Å². The van der Waals surface area contributed by atoms with Crippen LogP contribution in [0.15, 0.2) is 29.2 Å². The van der Waals surface area contributed by atoms with Crippen LogP contribution in [0.4, 0.5) is 4.79 Å². The molecule has 120 valence electrons. The molecule has 7 nitrogen and oxygen atoms in total. The van der Waals surface area contributed by atoms with Gasteiger partial charge in [-0.3, -0.25) is 19.3 Å². The third-order valence-corrected chi connectivity index (χ3v) is 3.83. The Balaban J connectivity index is 2.14. The molecule has 0 aliphatic carbocycles. The molecular weight excluding hydrogens is 322 g/mol. The summed E-state index contributed by atoms with van der Waals surface area (Å²) in [4.78, 5) is 47.1. The van der Waals surface area contributed by atoms with Crippen LogP contribution in [0.5, 0.6) is 0 Å². The minimum absolute atomic E-state index is 0.123. The lowest BCUT2D eigenvalue weighted by atomic mass is 10.1. The lowest BCUT2D eigenvalue weighted by molar-refractivity contribution is -0.145. The molecular formula is C15H13NO6S. The Morgan fingerprint density at radius 2 is 1.91 bits per heavy atom.